The zero-order valence-corrected chi connectivity index (χ0v) is 13.0. The molecule has 0 fully saturated rings. The summed E-state index contributed by atoms with van der Waals surface area (Å²) in [6.07, 6.45) is 0. The van der Waals surface area contributed by atoms with Crippen LogP contribution in [0.25, 0.3) is 0 Å². The Labute approximate surface area is 133 Å². The highest BCUT2D eigenvalue weighted by atomic mass is 32.2. The van der Waals surface area contributed by atoms with E-state index in [1.807, 2.05) is 49.4 Å². The highest BCUT2D eigenvalue weighted by Gasteiger charge is 2.21. The summed E-state index contributed by atoms with van der Waals surface area (Å²) < 4.78 is 0. The topological polar surface area (TPSA) is 66.4 Å². The molecule has 22 heavy (non-hydrogen) atoms. The number of carboxylic acid groups (broad SMARTS) is 1. The van der Waals surface area contributed by atoms with E-state index in [0.717, 1.165) is 10.5 Å². The van der Waals surface area contributed by atoms with Crippen molar-refractivity contribution in [3.8, 4) is 0 Å². The number of amides is 1. The Morgan fingerprint density at radius 1 is 1.09 bits per heavy atom. The van der Waals surface area contributed by atoms with Crippen molar-refractivity contribution in [1.29, 1.82) is 0 Å². The molecule has 0 saturated carbocycles. The number of aryl methyl sites for hydroxylation is 1. The van der Waals surface area contributed by atoms with Gasteiger partial charge in [-0.1, -0.05) is 36.4 Å². The molecule has 1 amide bonds. The first kappa shape index (κ1) is 16.1. The Kier molecular flexibility index (Phi) is 5.61. The molecule has 0 aliphatic carbocycles. The monoisotopic (exact) mass is 315 g/mol. The number of aliphatic carboxylic acids is 1. The maximum atomic E-state index is 12.2. The second-order valence-corrected chi connectivity index (χ2v) is 5.90. The molecule has 0 heterocycles. The van der Waals surface area contributed by atoms with E-state index >= 15 is 0 Å². The third-order valence-corrected chi connectivity index (χ3v) is 4.26. The molecule has 0 radical (unpaired) electrons. The summed E-state index contributed by atoms with van der Waals surface area (Å²) >= 11 is 1.40. The number of hydrogen-bond acceptors (Lipinski definition) is 3. The number of carbonyl (C=O) groups excluding carboxylic acids is 1. The van der Waals surface area contributed by atoms with Gasteiger partial charge in [-0.3, -0.25) is 4.79 Å². The molecule has 1 unspecified atom stereocenters. The molecule has 5 heteroatoms. The molecule has 0 saturated heterocycles. The summed E-state index contributed by atoms with van der Waals surface area (Å²) in [5.74, 6) is -1.12. The minimum absolute atomic E-state index is 0.275. The van der Waals surface area contributed by atoms with Gasteiger partial charge in [-0.25, -0.2) is 4.79 Å². The third-order valence-electron chi connectivity index (χ3n) is 3.15. The van der Waals surface area contributed by atoms with Crippen molar-refractivity contribution in [3.63, 3.8) is 0 Å². The third kappa shape index (κ3) is 4.36. The van der Waals surface area contributed by atoms with E-state index in [9.17, 15) is 14.7 Å². The first-order valence-corrected chi connectivity index (χ1v) is 7.83. The lowest BCUT2D eigenvalue weighted by atomic mass is 10.1. The lowest BCUT2D eigenvalue weighted by Gasteiger charge is -2.15. The van der Waals surface area contributed by atoms with Gasteiger partial charge in [-0.15, -0.1) is 11.8 Å². The quantitative estimate of drug-likeness (QED) is 0.804. The van der Waals surface area contributed by atoms with Crippen LogP contribution in [0, 0.1) is 6.92 Å². The summed E-state index contributed by atoms with van der Waals surface area (Å²) in [7, 11) is 0. The number of hydrogen-bond donors (Lipinski definition) is 2. The van der Waals surface area contributed by atoms with Crippen LogP contribution in [0.2, 0.25) is 0 Å². The number of carbonyl (C=O) groups is 2. The summed E-state index contributed by atoms with van der Waals surface area (Å²) in [6, 6.07) is 15.7. The Bertz CT molecular complexity index is 658. The number of benzene rings is 2. The first-order valence-electron chi connectivity index (χ1n) is 6.85. The second kappa shape index (κ2) is 7.66. The van der Waals surface area contributed by atoms with Crippen molar-refractivity contribution in [1.82, 2.24) is 5.32 Å². The summed E-state index contributed by atoms with van der Waals surface area (Å²) in [5, 5.41) is 11.9. The Balaban J connectivity index is 2.01. The SMILES string of the molecule is Cc1ccccc1C(=O)NC(CSc1ccccc1)C(=O)O. The molecule has 2 aromatic rings. The lowest BCUT2D eigenvalue weighted by Crippen LogP contribution is -2.42. The maximum absolute atomic E-state index is 12.2. The van der Waals surface area contributed by atoms with E-state index in [4.69, 9.17) is 0 Å². The molecule has 0 aromatic heterocycles. The van der Waals surface area contributed by atoms with Crippen molar-refractivity contribution in [2.75, 3.05) is 5.75 Å². The fourth-order valence-corrected chi connectivity index (χ4v) is 2.87. The Morgan fingerprint density at radius 2 is 1.73 bits per heavy atom. The lowest BCUT2D eigenvalue weighted by molar-refractivity contribution is -0.138. The largest absolute Gasteiger partial charge is 0.480 e. The highest BCUT2D eigenvalue weighted by Crippen LogP contribution is 2.18. The molecule has 2 N–H and O–H groups in total. The normalized spacial score (nSPS) is 11.7. The molecule has 114 valence electrons. The van der Waals surface area contributed by atoms with Crippen LogP contribution in [0.5, 0.6) is 0 Å². The predicted octanol–water partition coefficient (Wildman–Crippen LogP) is 2.97. The van der Waals surface area contributed by atoms with Crippen LogP contribution >= 0.6 is 11.8 Å². The standard InChI is InChI=1S/C17H17NO3S/c1-12-7-5-6-10-14(12)16(19)18-15(17(20)21)11-22-13-8-3-2-4-9-13/h2-10,15H,11H2,1H3,(H,18,19)(H,20,21). The number of nitrogens with one attached hydrogen (secondary N) is 1. The molecule has 0 aliphatic rings. The zero-order valence-electron chi connectivity index (χ0n) is 12.2. The minimum Gasteiger partial charge on any atom is -0.480 e. The molecule has 2 rings (SSSR count). The molecule has 0 bridgehead atoms. The van der Waals surface area contributed by atoms with Gasteiger partial charge in [0.1, 0.15) is 6.04 Å². The van der Waals surface area contributed by atoms with Crippen molar-refractivity contribution < 1.29 is 14.7 Å². The summed E-state index contributed by atoms with van der Waals surface area (Å²) in [5.41, 5.74) is 1.32. The molecule has 2 aromatic carbocycles. The van der Waals surface area contributed by atoms with Crippen LogP contribution in [-0.4, -0.2) is 28.8 Å². The Morgan fingerprint density at radius 3 is 2.36 bits per heavy atom. The van der Waals surface area contributed by atoms with Gasteiger partial charge in [0.05, 0.1) is 0 Å². The van der Waals surface area contributed by atoms with Gasteiger partial charge in [0.25, 0.3) is 5.91 Å². The second-order valence-electron chi connectivity index (χ2n) is 4.80. The minimum atomic E-state index is -1.04. The molecule has 1 atom stereocenters. The van der Waals surface area contributed by atoms with Crippen molar-refractivity contribution >= 4 is 23.6 Å². The number of thioether (sulfide) groups is 1. The Hall–Kier alpha value is -2.27. The van der Waals surface area contributed by atoms with Crippen LogP contribution < -0.4 is 5.32 Å². The predicted molar refractivity (Wildman–Crippen MR) is 87.2 cm³/mol. The fraction of sp³-hybridized carbons (Fsp3) is 0.176. The van der Waals surface area contributed by atoms with E-state index in [-0.39, 0.29) is 11.7 Å². The van der Waals surface area contributed by atoms with Crippen molar-refractivity contribution in [2.24, 2.45) is 0 Å². The van der Waals surface area contributed by atoms with Gasteiger partial charge in [0.15, 0.2) is 0 Å². The maximum Gasteiger partial charge on any atom is 0.327 e. The number of rotatable bonds is 6. The fourth-order valence-electron chi connectivity index (χ4n) is 1.93. The van der Waals surface area contributed by atoms with Crippen molar-refractivity contribution in [3.05, 3.63) is 65.7 Å². The molecular formula is C17H17NO3S. The molecule has 0 aliphatic heterocycles. The van der Waals surface area contributed by atoms with Crippen LogP contribution in [-0.2, 0) is 4.79 Å². The summed E-state index contributed by atoms with van der Waals surface area (Å²) in [6.45, 7) is 1.82. The average Bonchev–Trinajstić information content (AvgIpc) is 2.52. The average molecular weight is 315 g/mol. The van der Waals surface area contributed by atoms with Gasteiger partial charge in [0, 0.05) is 16.2 Å². The van der Waals surface area contributed by atoms with Crippen LogP contribution in [0.3, 0.4) is 0 Å². The van der Waals surface area contributed by atoms with Crippen LogP contribution in [0.1, 0.15) is 15.9 Å². The zero-order chi connectivity index (χ0) is 15.9. The van der Waals surface area contributed by atoms with E-state index in [0.29, 0.717) is 5.56 Å². The van der Waals surface area contributed by atoms with Gasteiger partial charge in [0.2, 0.25) is 0 Å². The van der Waals surface area contributed by atoms with E-state index in [1.54, 1.807) is 12.1 Å². The molecule has 0 spiro atoms. The first-order chi connectivity index (χ1) is 10.6. The molecule has 4 nitrogen and oxygen atoms in total. The van der Waals surface area contributed by atoms with Crippen LogP contribution in [0.4, 0.5) is 0 Å². The van der Waals surface area contributed by atoms with Crippen LogP contribution in [0.15, 0.2) is 59.5 Å². The molecular weight excluding hydrogens is 298 g/mol. The highest BCUT2D eigenvalue weighted by molar-refractivity contribution is 7.99. The van der Waals surface area contributed by atoms with E-state index in [1.165, 1.54) is 11.8 Å². The van der Waals surface area contributed by atoms with Gasteiger partial charge >= 0.3 is 5.97 Å². The summed E-state index contributed by atoms with van der Waals surface area (Å²) in [4.78, 5) is 24.5. The van der Waals surface area contributed by atoms with Gasteiger partial charge < -0.3 is 10.4 Å². The van der Waals surface area contributed by atoms with Gasteiger partial charge in [-0.05, 0) is 30.7 Å². The van der Waals surface area contributed by atoms with E-state index in [2.05, 4.69) is 5.32 Å². The smallest absolute Gasteiger partial charge is 0.327 e. The number of carboxylic acids is 1. The van der Waals surface area contributed by atoms with E-state index < -0.39 is 12.0 Å². The van der Waals surface area contributed by atoms with Gasteiger partial charge in [-0.2, -0.15) is 0 Å². The van der Waals surface area contributed by atoms with Crippen molar-refractivity contribution in [2.45, 2.75) is 17.9 Å².